The van der Waals surface area contributed by atoms with Crippen LogP contribution in [0.25, 0.3) is 0 Å². The van der Waals surface area contributed by atoms with Crippen LogP contribution in [-0.4, -0.2) is 60.5 Å². The van der Waals surface area contributed by atoms with Crippen molar-refractivity contribution >= 4 is 29.4 Å². The zero-order valence-electron chi connectivity index (χ0n) is 18.6. The Morgan fingerprint density at radius 3 is 2.10 bits per heavy atom. The van der Waals surface area contributed by atoms with Gasteiger partial charge in [0, 0.05) is 57.6 Å². The van der Waals surface area contributed by atoms with Gasteiger partial charge in [-0.15, -0.1) is 0 Å². The quantitative estimate of drug-likeness (QED) is 0.443. The zero-order chi connectivity index (χ0) is 22.8. The minimum atomic E-state index is -1.26. The van der Waals surface area contributed by atoms with Gasteiger partial charge < -0.3 is 29.3 Å². The molecule has 1 aromatic rings. The van der Waals surface area contributed by atoms with Crippen LogP contribution in [0.5, 0.6) is 0 Å². The number of amides is 1. The minimum absolute atomic E-state index is 0.193. The standard InChI is InChI=1S/C22H29N3O6/c1-21(2,3)31-20(28)25-12-10-24(11-13-25)16-8-6-15(7-9-16)23-14-17-18(26)29-22(4,5)30-19(17)27/h6-9,14,23H,10-13H2,1-5H3. The van der Waals surface area contributed by atoms with Gasteiger partial charge in [0.1, 0.15) is 5.60 Å². The summed E-state index contributed by atoms with van der Waals surface area (Å²) < 4.78 is 15.5. The number of esters is 2. The average molecular weight is 431 g/mol. The maximum Gasteiger partial charge on any atom is 0.410 e. The van der Waals surface area contributed by atoms with Crippen molar-refractivity contribution in [2.45, 2.75) is 46.0 Å². The lowest BCUT2D eigenvalue weighted by atomic mass is 10.2. The Morgan fingerprint density at radius 2 is 1.58 bits per heavy atom. The molecule has 0 unspecified atom stereocenters. The van der Waals surface area contributed by atoms with Crippen LogP contribution in [0.4, 0.5) is 16.2 Å². The van der Waals surface area contributed by atoms with Crippen LogP contribution in [0, 0.1) is 0 Å². The van der Waals surface area contributed by atoms with Crippen LogP contribution in [0.3, 0.4) is 0 Å². The fourth-order valence-electron chi connectivity index (χ4n) is 3.18. The second kappa shape index (κ2) is 8.49. The molecule has 0 aromatic heterocycles. The molecule has 9 heteroatoms. The summed E-state index contributed by atoms with van der Waals surface area (Å²) in [5.74, 6) is -2.72. The van der Waals surface area contributed by atoms with E-state index in [1.165, 1.54) is 20.0 Å². The number of cyclic esters (lactones) is 2. The summed E-state index contributed by atoms with van der Waals surface area (Å²) in [4.78, 5) is 40.0. The molecule has 1 amide bonds. The van der Waals surface area contributed by atoms with E-state index < -0.39 is 23.3 Å². The van der Waals surface area contributed by atoms with Crippen molar-refractivity contribution in [2.24, 2.45) is 0 Å². The van der Waals surface area contributed by atoms with E-state index in [2.05, 4.69) is 10.2 Å². The fourth-order valence-corrected chi connectivity index (χ4v) is 3.18. The van der Waals surface area contributed by atoms with Crippen LogP contribution in [-0.2, 0) is 23.8 Å². The molecule has 0 radical (unpaired) electrons. The van der Waals surface area contributed by atoms with Gasteiger partial charge in [-0.05, 0) is 45.0 Å². The van der Waals surface area contributed by atoms with Gasteiger partial charge in [0.05, 0.1) is 0 Å². The maximum atomic E-state index is 12.2. The molecule has 2 fully saturated rings. The Labute approximate surface area is 181 Å². The molecular weight excluding hydrogens is 402 g/mol. The number of anilines is 2. The molecule has 2 aliphatic rings. The molecule has 2 heterocycles. The summed E-state index contributed by atoms with van der Waals surface area (Å²) >= 11 is 0. The largest absolute Gasteiger partial charge is 0.444 e. The van der Waals surface area contributed by atoms with Crippen molar-refractivity contribution in [3.63, 3.8) is 0 Å². The number of piperazine rings is 1. The van der Waals surface area contributed by atoms with Crippen molar-refractivity contribution in [3.05, 3.63) is 36.0 Å². The van der Waals surface area contributed by atoms with Crippen LogP contribution in [0.2, 0.25) is 0 Å². The van der Waals surface area contributed by atoms with Crippen LogP contribution >= 0.6 is 0 Å². The van der Waals surface area contributed by atoms with Gasteiger partial charge in [-0.1, -0.05) is 0 Å². The third-order valence-corrected chi connectivity index (χ3v) is 4.66. The van der Waals surface area contributed by atoms with Gasteiger partial charge in [0.25, 0.3) is 5.79 Å². The van der Waals surface area contributed by atoms with Crippen molar-refractivity contribution in [1.82, 2.24) is 4.90 Å². The number of benzene rings is 1. The van der Waals surface area contributed by atoms with E-state index in [-0.39, 0.29) is 11.7 Å². The maximum absolute atomic E-state index is 12.2. The molecule has 0 spiro atoms. The Balaban J connectivity index is 1.55. The van der Waals surface area contributed by atoms with Crippen LogP contribution in [0.1, 0.15) is 34.6 Å². The molecule has 3 rings (SSSR count). The summed E-state index contributed by atoms with van der Waals surface area (Å²) in [6.07, 6.45) is 0.997. The molecule has 31 heavy (non-hydrogen) atoms. The molecule has 2 aliphatic heterocycles. The number of nitrogens with zero attached hydrogens (tertiary/aromatic N) is 2. The van der Waals surface area contributed by atoms with E-state index in [0.717, 1.165) is 5.69 Å². The first-order valence-corrected chi connectivity index (χ1v) is 10.2. The van der Waals surface area contributed by atoms with E-state index >= 15 is 0 Å². The molecule has 2 saturated heterocycles. The highest BCUT2D eigenvalue weighted by molar-refractivity contribution is 6.15. The molecule has 1 aromatic carbocycles. The highest BCUT2D eigenvalue weighted by Crippen LogP contribution is 2.24. The lowest BCUT2D eigenvalue weighted by Gasteiger charge is -2.36. The Hall–Kier alpha value is -3.23. The number of rotatable bonds is 3. The molecule has 168 valence electrons. The molecule has 0 atom stereocenters. The predicted octanol–water partition coefficient (Wildman–Crippen LogP) is 2.88. The minimum Gasteiger partial charge on any atom is -0.444 e. The third kappa shape index (κ3) is 5.90. The van der Waals surface area contributed by atoms with Crippen LogP contribution in [0.15, 0.2) is 36.0 Å². The van der Waals surface area contributed by atoms with E-state index in [4.69, 9.17) is 14.2 Å². The highest BCUT2D eigenvalue weighted by Gasteiger charge is 2.39. The smallest absolute Gasteiger partial charge is 0.410 e. The molecule has 1 N–H and O–H groups in total. The summed E-state index contributed by atoms with van der Waals surface area (Å²) in [5.41, 5.74) is 1.02. The molecular formula is C22H29N3O6. The number of nitrogens with one attached hydrogen (secondary N) is 1. The van der Waals surface area contributed by atoms with Crippen molar-refractivity contribution in [2.75, 3.05) is 36.4 Å². The lowest BCUT2D eigenvalue weighted by Crippen LogP contribution is -2.50. The van der Waals surface area contributed by atoms with Gasteiger partial charge in [-0.2, -0.15) is 0 Å². The van der Waals surface area contributed by atoms with E-state index in [1.807, 2.05) is 45.0 Å². The van der Waals surface area contributed by atoms with Gasteiger partial charge >= 0.3 is 18.0 Å². The molecule has 0 bridgehead atoms. The number of ether oxygens (including phenoxy) is 3. The number of hydrogen-bond acceptors (Lipinski definition) is 8. The SMILES string of the molecule is CC(C)(C)OC(=O)N1CCN(c2ccc(NC=C3C(=O)OC(C)(C)OC3=O)cc2)CC1. The summed E-state index contributed by atoms with van der Waals surface area (Å²) in [7, 11) is 0. The molecule has 0 saturated carbocycles. The first-order chi connectivity index (χ1) is 14.4. The zero-order valence-corrected chi connectivity index (χ0v) is 18.6. The Kier molecular flexibility index (Phi) is 6.15. The van der Waals surface area contributed by atoms with E-state index in [0.29, 0.717) is 31.9 Å². The normalized spacial score (nSPS) is 18.8. The van der Waals surface area contributed by atoms with Gasteiger partial charge in [-0.25, -0.2) is 14.4 Å². The second-order valence-corrected chi connectivity index (χ2v) is 8.88. The lowest BCUT2D eigenvalue weighted by molar-refractivity contribution is -0.222. The molecule has 0 aliphatic carbocycles. The first-order valence-electron chi connectivity index (χ1n) is 10.2. The fraction of sp³-hybridized carbons (Fsp3) is 0.500. The number of hydrogen-bond donors (Lipinski definition) is 1. The van der Waals surface area contributed by atoms with Crippen molar-refractivity contribution in [3.8, 4) is 0 Å². The molecule has 9 nitrogen and oxygen atoms in total. The van der Waals surface area contributed by atoms with E-state index in [9.17, 15) is 14.4 Å². The van der Waals surface area contributed by atoms with Gasteiger partial charge in [0.2, 0.25) is 0 Å². The topological polar surface area (TPSA) is 97.4 Å². The monoisotopic (exact) mass is 431 g/mol. The number of carbonyl (C=O) groups is 3. The predicted molar refractivity (Wildman–Crippen MR) is 114 cm³/mol. The number of carbonyl (C=O) groups excluding carboxylic acids is 3. The Bertz CT molecular complexity index is 856. The van der Waals surface area contributed by atoms with Gasteiger partial charge in [-0.3, -0.25) is 0 Å². The Morgan fingerprint density at radius 1 is 1.03 bits per heavy atom. The van der Waals surface area contributed by atoms with Crippen molar-refractivity contribution in [1.29, 1.82) is 0 Å². The van der Waals surface area contributed by atoms with Gasteiger partial charge in [0.15, 0.2) is 5.57 Å². The van der Waals surface area contributed by atoms with E-state index in [1.54, 1.807) is 4.90 Å². The summed E-state index contributed by atoms with van der Waals surface area (Å²) in [6, 6.07) is 7.56. The van der Waals surface area contributed by atoms with Crippen molar-refractivity contribution < 1.29 is 28.6 Å². The average Bonchev–Trinajstić information content (AvgIpc) is 2.66. The first kappa shape index (κ1) is 22.5. The highest BCUT2D eigenvalue weighted by atomic mass is 16.7. The summed E-state index contributed by atoms with van der Waals surface area (Å²) in [6.45, 7) is 11.1. The van der Waals surface area contributed by atoms with Crippen LogP contribution < -0.4 is 10.2 Å². The second-order valence-electron chi connectivity index (χ2n) is 8.88. The third-order valence-electron chi connectivity index (χ3n) is 4.66. The summed E-state index contributed by atoms with van der Waals surface area (Å²) in [5, 5.41) is 2.92.